The minimum atomic E-state index is 0.599. The Balaban J connectivity index is 3.06. The lowest BCUT2D eigenvalue weighted by molar-refractivity contribution is 0.483. The van der Waals surface area contributed by atoms with Crippen LogP contribution in [-0.2, 0) is 6.42 Å². The molecule has 0 aliphatic carbocycles. The van der Waals surface area contributed by atoms with Crippen LogP contribution in [0.15, 0.2) is 0 Å². The Morgan fingerprint density at radius 1 is 1.10 bits per heavy atom. The predicted molar refractivity (Wildman–Crippen MR) is 87.7 cm³/mol. The summed E-state index contributed by atoms with van der Waals surface area (Å²) in [5.74, 6) is 2.58. The van der Waals surface area contributed by atoms with Crippen molar-refractivity contribution < 1.29 is 0 Å². The average Bonchev–Trinajstić information content (AvgIpc) is 2.45. The van der Waals surface area contributed by atoms with Crippen LogP contribution in [0.5, 0.6) is 0 Å². The van der Waals surface area contributed by atoms with Gasteiger partial charge in [0.15, 0.2) is 0 Å². The Hall–Kier alpha value is -0.830. The molecule has 3 nitrogen and oxygen atoms in total. The summed E-state index contributed by atoms with van der Waals surface area (Å²) in [6.45, 7) is 12.8. The van der Waals surface area contributed by atoms with E-state index < -0.39 is 0 Å². The molecule has 0 unspecified atom stereocenters. The highest BCUT2D eigenvalue weighted by molar-refractivity contribution is 6.30. The standard InChI is InChI=1S/C16H28ClN3/c1-6-10-14-18-15(17)12(5)16(19-14)20(9-4)11-13(7-2)8-3/h13H,6-11H2,1-5H3. The number of hydrogen-bond acceptors (Lipinski definition) is 3. The van der Waals surface area contributed by atoms with E-state index in [1.807, 2.05) is 6.92 Å². The molecule has 0 N–H and O–H groups in total. The minimum Gasteiger partial charge on any atom is -0.356 e. The van der Waals surface area contributed by atoms with E-state index >= 15 is 0 Å². The fourth-order valence-electron chi connectivity index (χ4n) is 2.39. The molecule has 1 rings (SSSR count). The summed E-state index contributed by atoms with van der Waals surface area (Å²) in [6.07, 6.45) is 4.33. The van der Waals surface area contributed by atoms with Crippen LogP contribution in [0.25, 0.3) is 0 Å². The van der Waals surface area contributed by atoms with Gasteiger partial charge in [0, 0.05) is 25.1 Å². The number of hydrogen-bond donors (Lipinski definition) is 0. The molecular formula is C16H28ClN3. The number of nitrogens with zero attached hydrogens (tertiary/aromatic N) is 3. The molecule has 1 heterocycles. The van der Waals surface area contributed by atoms with Gasteiger partial charge in [0.05, 0.1) is 0 Å². The monoisotopic (exact) mass is 297 g/mol. The van der Waals surface area contributed by atoms with E-state index in [-0.39, 0.29) is 0 Å². The molecule has 0 aliphatic rings. The van der Waals surface area contributed by atoms with Crippen molar-refractivity contribution in [2.75, 3.05) is 18.0 Å². The molecule has 0 atom stereocenters. The van der Waals surface area contributed by atoms with Crippen LogP contribution in [0.1, 0.15) is 58.3 Å². The van der Waals surface area contributed by atoms with Gasteiger partial charge in [0.1, 0.15) is 16.8 Å². The van der Waals surface area contributed by atoms with Crippen LogP contribution in [-0.4, -0.2) is 23.1 Å². The quantitative estimate of drug-likeness (QED) is 0.654. The summed E-state index contributed by atoms with van der Waals surface area (Å²) in [5, 5.41) is 0.599. The van der Waals surface area contributed by atoms with Crippen molar-refractivity contribution in [2.45, 2.75) is 60.3 Å². The molecule has 114 valence electrons. The maximum absolute atomic E-state index is 6.28. The first-order valence-electron chi connectivity index (χ1n) is 7.85. The van der Waals surface area contributed by atoms with E-state index in [0.717, 1.165) is 43.1 Å². The first kappa shape index (κ1) is 17.2. The van der Waals surface area contributed by atoms with Gasteiger partial charge in [-0.1, -0.05) is 45.2 Å². The molecule has 20 heavy (non-hydrogen) atoms. The molecule has 0 saturated carbocycles. The van der Waals surface area contributed by atoms with Gasteiger partial charge in [0.25, 0.3) is 0 Å². The lowest BCUT2D eigenvalue weighted by Crippen LogP contribution is -2.31. The second kappa shape index (κ2) is 8.46. The fourth-order valence-corrected chi connectivity index (χ4v) is 2.57. The molecule has 0 radical (unpaired) electrons. The second-order valence-corrected chi connectivity index (χ2v) is 5.71. The van der Waals surface area contributed by atoms with Crippen LogP contribution in [0.4, 0.5) is 5.82 Å². The Labute approximate surface area is 128 Å². The summed E-state index contributed by atoms with van der Waals surface area (Å²) in [7, 11) is 0. The molecule has 0 bridgehead atoms. The van der Waals surface area contributed by atoms with Gasteiger partial charge >= 0.3 is 0 Å². The van der Waals surface area contributed by atoms with Gasteiger partial charge in [-0.3, -0.25) is 0 Å². The Kier molecular flexibility index (Phi) is 7.28. The molecule has 0 aliphatic heterocycles. The van der Waals surface area contributed by atoms with Crippen LogP contribution in [0.3, 0.4) is 0 Å². The summed E-state index contributed by atoms with van der Waals surface area (Å²) in [6, 6.07) is 0. The van der Waals surface area contributed by atoms with E-state index in [9.17, 15) is 0 Å². The van der Waals surface area contributed by atoms with Gasteiger partial charge < -0.3 is 4.90 Å². The maximum atomic E-state index is 6.28. The smallest absolute Gasteiger partial charge is 0.137 e. The second-order valence-electron chi connectivity index (χ2n) is 5.35. The lowest BCUT2D eigenvalue weighted by Gasteiger charge is -2.28. The summed E-state index contributed by atoms with van der Waals surface area (Å²) in [4.78, 5) is 11.5. The molecule has 4 heteroatoms. The van der Waals surface area contributed by atoms with Crippen LogP contribution in [0, 0.1) is 12.8 Å². The van der Waals surface area contributed by atoms with Crippen molar-refractivity contribution in [3.05, 3.63) is 16.5 Å². The Morgan fingerprint density at radius 3 is 2.25 bits per heavy atom. The summed E-state index contributed by atoms with van der Waals surface area (Å²) >= 11 is 6.28. The molecule has 1 aromatic heterocycles. The average molecular weight is 298 g/mol. The van der Waals surface area contributed by atoms with E-state index in [1.54, 1.807) is 0 Å². The molecule has 1 aromatic rings. The number of rotatable bonds is 8. The van der Waals surface area contributed by atoms with Gasteiger partial charge in [-0.05, 0) is 26.2 Å². The molecule has 0 spiro atoms. The number of aromatic nitrogens is 2. The number of anilines is 1. The van der Waals surface area contributed by atoms with Crippen molar-refractivity contribution >= 4 is 17.4 Å². The molecule has 0 saturated heterocycles. The SMILES string of the molecule is CCCc1nc(Cl)c(C)c(N(CC)CC(CC)CC)n1. The largest absolute Gasteiger partial charge is 0.356 e. The lowest BCUT2D eigenvalue weighted by atomic mass is 10.0. The van der Waals surface area contributed by atoms with Crippen molar-refractivity contribution in [2.24, 2.45) is 5.92 Å². The third kappa shape index (κ3) is 4.34. The van der Waals surface area contributed by atoms with E-state index in [0.29, 0.717) is 11.1 Å². The molecular weight excluding hydrogens is 270 g/mol. The predicted octanol–water partition coefficient (Wildman–Crippen LogP) is 4.65. The van der Waals surface area contributed by atoms with E-state index in [2.05, 4.69) is 37.6 Å². The topological polar surface area (TPSA) is 29.0 Å². The highest BCUT2D eigenvalue weighted by Gasteiger charge is 2.17. The normalized spacial score (nSPS) is 11.2. The van der Waals surface area contributed by atoms with E-state index in [1.165, 1.54) is 12.8 Å². The zero-order valence-corrected chi connectivity index (χ0v) is 14.3. The van der Waals surface area contributed by atoms with Gasteiger partial charge in [-0.25, -0.2) is 9.97 Å². The van der Waals surface area contributed by atoms with Crippen molar-refractivity contribution in [1.29, 1.82) is 0 Å². The number of halogens is 1. The molecule has 0 fully saturated rings. The molecule has 0 aromatic carbocycles. The summed E-state index contributed by atoms with van der Waals surface area (Å²) < 4.78 is 0. The minimum absolute atomic E-state index is 0.599. The van der Waals surface area contributed by atoms with Crippen molar-refractivity contribution in [3.8, 4) is 0 Å². The van der Waals surface area contributed by atoms with Gasteiger partial charge in [0.2, 0.25) is 0 Å². The Bertz CT molecular complexity index is 416. The van der Waals surface area contributed by atoms with Gasteiger partial charge in [-0.2, -0.15) is 0 Å². The third-order valence-electron chi connectivity index (χ3n) is 3.90. The van der Waals surface area contributed by atoms with Crippen LogP contribution >= 0.6 is 11.6 Å². The third-order valence-corrected chi connectivity index (χ3v) is 4.26. The zero-order valence-electron chi connectivity index (χ0n) is 13.5. The maximum Gasteiger partial charge on any atom is 0.137 e. The Morgan fingerprint density at radius 2 is 1.75 bits per heavy atom. The summed E-state index contributed by atoms with van der Waals surface area (Å²) in [5.41, 5.74) is 0.999. The van der Waals surface area contributed by atoms with Crippen molar-refractivity contribution in [3.63, 3.8) is 0 Å². The first-order chi connectivity index (χ1) is 9.57. The van der Waals surface area contributed by atoms with Crippen LogP contribution < -0.4 is 4.90 Å². The van der Waals surface area contributed by atoms with Crippen LogP contribution in [0.2, 0.25) is 5.15 Å². The van der Waals surface area contributed by atoms with Crippen molar-refractivity contribution in [1.82, 2.24) is 9.97 Å². The highest BCUT2D eigenvalue weighted by Crippen LogP contribution is 2.25. The fraction of sp³-hybridized carbons (Fsp3) is 0.750. The van der Waals surface area contributed by atoms with E-state index in [4.69, 9.17) is 16.6 Å². The first-order valence-corrected chi connectivity index (χ1v) is 8.22. The highest BCUT2D eigenvalue weighted by atomic mass is 35.5. The van der Waals surface area contributed by atoms with Gasteiger partial charge in [-0.15, -0.1) is 0 Å². The molecule has 0 amide bonds. The number of aryl methyl sites for hydroxylation is 1. The zero-order chi connectivity index (χ0) is 15.1.